The quantitative estimate of drug-likeness (QED) is 0.831. The Labute approximate surface area is 173 Å². The van der Waals surface area contributed by atoms with Crippen molar-refractivity contribution in [2.24, 2.45) is 0 Å². The van der Waals surface area contributed by atoms with Gasteiger partial charge >= 0.3 is 0 Å². The zero-order valence-electron chi connectivity index (χ0n) is 15.7. The number of hydrogen-bond acceptors (Lipinski definition) is 3. The van der Waals surface area contributed by atoms with Crippen LogP contribution >= 0.6 is 11.6 Å². The average Bonchev–Trinajstić information content (AvgIpc) is 2.98. The summed E-state index contributed by atoms with van der Waals surface area (Å²) in [6, 6.07) is 12.3. The first kappa shape index (κ1) is 20.8. The van der Waals surface area contributed by atoms with Gasteiger partial charge in [-0.25, -0.2) is 4.39 Å². The summed E-state index contributed by atoms with van der Waals surface area (Å²) < 4.78 is 13.9. The summed E-state index contributed by atoms with van der Waals surface area (Å²) in [6.45, 7) is 1.39. The summed E-state index contributed by atoms with van der Waals surface area (Å²) in [6.07, 6.45) is 0.578. The fourth-order valence-corrected chi connectivity index (χ4v) is 3.36. The minimum absolute atomic E-state index is 0.0288. The van der Waals surface area contributed by atoms with Crippen molar-refractivity contribution in [3.8, 4) is 0 Å². The number of hydrogen-bond donors (Lipinski definition) is 1. The minimum atomic E-state index is -0.557. The van der Waals surface area contributed by atoms with Crippen LogP contribution in [-0.4, -0.2) is 60.2 Å². The standard InChI is InChI=1S/C21H21ClFN3O3/c22-16-6-3-5-15(13-16)20(28)24-14-19(27)25-9-4-10-26(12-11-25)21(29)17-7-1-2-8-18(17)23/h1-3,5-8,13H,4,9-12,14H2,(H,24,28). The molecule has 3 rings (SSSR count). The van der Waals surface area contributed by atoms with Crippen molar-refractivity contribution in [1.29, 1.82) is 0 Å². The maximum absolute atomic E-state index is 13.9. The van der Waals surface area contributed by atoms with E-state index >= 15 is 0 Å². The molecule has 152 valence electrons. The Bertz CT molecular complexity index is 922. The molecule has 29 heavy (non-hydrogen) atoms. The van der Waals surface area contributed by atoms with Crippen LogP contribution in [0.3, 0.4) is 0 Å². The number of carbonyl (C=O) groups excluding carboxylic acids is 3. The van der Waals surface area contributed by atoms with Crippen molar-refractivity contribution in [2.75, 3.05) is 32.7 Å². The van der Waals surface area contributed by atoms with Gasteiger partial charge in [0.1, 0.15) is 5.82 Å². The van der Waals surface area contributed by atoms with Gasteiger partial charge in [-0.2, -0.15) is 0 Å². The Kier molecular flexibility index (Phi) is 6.82. The number of nitrogens with one attached hydrogen (secondary N) is 1. The number of benzene rings is 2. The summed E-state index contributed by atoms with van der Waals surface area (Å²) in [5.41, 5.74) is 0.406. The first-order valence-electron chi connectivity index (χ1n) is 9.31. The van der Waals surface area contributed by atoms with Crippen LogP contribution in [0.5, 0.6) is 0 Å². The molecular formula is C21H21ClFN3O3. The molecule has 2 aromatic rings. The second kappa shape index (κ2) is 9.52. The zero-order chi connectivity index (χ0) is 20.8. The largest absolute Gasteiger partial charge is 0.343 e. The molecule has 0 atom stereocenters. The van der Waals surface area contributed by atoms with Crippen molar-refractivity contribution in [3.63, 3.8) is 0 Å². The first-order valence-corrected chi connectivity index (χ1v) is 9.69. The van der Waals surface area contributed by atoms with E-state index in [-0.39, 0.29) is 29.8 Å². The van der Waals surface area contributed by atoms with Crippen LogP contribution in [-0.2, 0) is 4.79 Å². The van der Waals surface area contributed by atoms with Gasteiger partial charge in [0.15, 0.2) is 0 Å². The molecule has 1 aliphatic heterocycles. The summed E-state index contributed by atoms with van der Waals surface area (Å²) in [4.78, 5) is 40.3. The molecule has 3 amide bonds. The van der Waals surface area contributed by atoms with Crippen LogP contribution < -0.4 is 5.32 Å². The summed E-state index contributed by atoms with van der Waals surface area (Å²) in [7, 11) is 0. The smallest absolute Gasteiger partial charge is 0.256 e. The van der Waals surface area contributed by atoms with Crippen LogP contribution in [0.15, 0.2) is 48.5 Å². The highest BCUT2D eigenvalue weighted by Gasteiger charge is 2.24. The Morgan fingerprint density at radius 1 is 0.966 bits per heavy atom. The van der Waals surface area contributed by atoms with Gasteiger partial charge in [0.05, 0.1) is 12.1 Å². The van der Waals surface area contributed by atoms with Crippen molar-refractivity contribution < 1.29 is 18.8 Å². The first-order chi connectivity index (χ1) is 14.0. The molecule has 8 heteroatoms. The Morgan fingerprint density at radius 2 is 1.69 bits per heavy atom. The fourth-order valence-electron chi connectivity index (χ4n) is 3.17. The molecule has 0 unspecified atom stereocenters. The van der Waals surface area contributed by atoms with Crippen LogP contribution in [0, 0.1) is 5.82 Å². The van der Waals surface area contributed by atoms with E-state index in [0.717, 1.165) is 0 Å². The van der Waals surface area contributed by atoms with Crippen molar-refractivity contribution in [1.82, 2.24) is 15.1 Å². The summed E-state index contributed by atoms with van der Waals surface area (Å²) in [5.74, 6) is -1.56. The van der Waals surface area contributed by atoms with Gasteiger partial charge < -0.3 is 15.1 Å². The molecule has 0 bridgehead atoms. The summed E-state index contributed by atoms with van der Waals surface area (Å²) >= 11 is 5.87. The maximum Gasteiger partial charge on any atom is 0.256 e. The Balaban J connectivity index is 1.53. The van der Waals surface area contributed by atoms with Gasteiger partial charge in [0.25, 0.3) is 11.8 Å². The summed E-state index contributed by atoms with van der Waals surface area (Å²) in [5, 5.41) is 3.03. The molecule has 1 saturated heterocycles. The molecule has 1 fully saturated rings. The lowest BCUT2D eigenvalue weighted by Gasteiger charge is -2.22. The normalized spacial score (nSPS) is 14.3. The molecule has 6 nitrogen and oxygen atoms in total. The van der Waals surface area contributed by atoms with E-state index in [2.05, 4.69) is 5.32 Å². The second-order valence-electron chi connectivity index (χ2n) is 6.70. The third kappa shape index (κ3) is 5.32. The molecule has 0 aliphatic carbocycles. The van der Waals surface area contributed by atoms with E-state index < -0.39 is 5.82 Å². The van der Waals surface area contributed by atoms with Gasteiger partial charge in [0, 0.05) is 36.8 Å². The minimum Gasteiger partial charge on any atom is -0.343 e. The highest BCUT2D eigenvalue weighted by molar-refractivity contribution is 6.31. The lowest BCUT2D eigenvalue weighted by Crippen LogP contribution is -2.42. The fraction of sp³-hybridized carbons (Fsp3) is 0.286. The topological polar surface area (TPSA) is 69.7 Å². The monoisotopic (exact) mass is 417 g/mol. The van der Waals surface area contributed by atoms with E-state index in [1.165, 1.54) is 24.3 Å². The molecule has 1 aliphatic rings. The lowest BCUT2D eigenvalue weighted by molar-refractivity contribution is -0.129. The SMILES string of the molecule is O=C(NCC(=O)N1CCCN(C(=O)c2ccccc2F)CC1)c1cccc(Cl)c1. The van der Waals surface area contributed by atoms with Crippen molar-refractivity contribution in [2.45, 2.75) is 6.42 Å². The lowest BCUT2D eigenvalue weighted by atomic mass is 10.2. The highest BCUT2D eigenvalue weighted by Crippen LogP contribution is 2.13. The van der Waals surface area contributed by atoms with Crippen LogP contribution in [0.2, 0.25) is 5.02 Å². The zero-order valence-corrected chi connectivity index (χ0v) is 16.5. The number of nitrogens with zero attached hydrogens (tertiary/aromatic N) is 2. The average molecular weight is 418 g/mol. The van der Waals surface area contributed by atoms with Crippen LogP contribution in [0.1, 0.15) is 27.1 Å². The van der Waals surface area contributed by atoms with Gasteiger partial charge in [-0.15, -0.1) is 0 Å². The third-order valence-corrected chi connectivity index (χ3v) is 4.96. The van der Waals surface area contributed by atoms with Gasteiger partial charge in [0.2, 0.25) is 5.91 Å². The molecule has 0 aromatic heterocycles. The van der Waals surface area contributed by atoms with E-state index in [1.54, 1.807) is 34.1 Å². The molecule has 2 aromatic carbocycles. The highest BCUT2D eigenvalue weighted by atomic mass is 35.5. The molecule has 0 radical (unpaired) electrons. The van der Waals surface area contributed by atoms with E-state index in [4.69, 9.17) is 11.6 Å². The van der Waals surface area contributed by atoms with Crippen LogP contribution in [0.4, 0.5) is 4.39 Å². The predicted molar refractivity (Wildman–Crippen MR) is 107 cm³/mol. The maximum atomic E-state index is 13.9. The van der Waals surface area contributed by atoms with E-state index in [1.807, 2.05) is 0 Å². The Hall–Kier alpha value is -2.93. The van der Waals surface area contributed by atoms with Crippen molar-refractivity contribution in [3.05, 3.63) is 70.5 Å². The van der Waals surface area contributed by atoms with Crippen LogP contribution in [0.25, 0.3) is 0 Å². The van der Waals surface area contributed by atoms with Gasteiger partial charge in [-0.1, -0.05) is 29.8 Å². The number of rotatable bonds is 4. The molecule has 0 saturated carbocycles. The number of halogens is 2. The number of carbonyl (C=O) groups is 3. The Morgan fingerprint density at radius 3 is 2.45 bits per heavy atom. The molecule has 0 spiro atoms. The third-order valence-electron chi connectivity index (χ3n) is 4.73. The van der Waals surface area contributed by atoms with E-state index in [0.29, 0.717) is 43.2 Å². The second-order valence-corrected chi connectivity index (χ2v) is 7.14. The van der Waals surface area contributed by atoms with Gasteiger partial charge in [-0.05, 0) is 36.8 Å². The molecule has 1 N–H and O–H groups in total. The molecule has 1 heterocycles. The van der Waals surface area contributed by atoms with E-state index in [9.17, 15) is 18.8 Å². The number of amides is 3. The predicted octanol–water partition coefficient (Wildman–Crippen LogP) is 2.58. The van der Waals surface area contributed by atoms with Gasteiger partial charge in [-0.3, -0.25) is 14.4 Å². The van der Waals surface area contributed by atoms with Crippen molar-refractivity contribution >= 4 is 29.3 Å². The molecular weight excluding hydrogens is 397 g/mol.